The van der Waals surface area contributed by atoms with Gasteiger partial charge in [-0.2, -0.15) is 0 Å². The summed E-state index contributed by atoms with van der Waals surface area (Å²) in [5.74, 6) is -0.0237. The number of ether oxygens (including phenoxy) is 1. The fourth-order valence-corrected chi connectivity index (χ4v) is 2.91. The van der Waals surface area contributed by atoms with Crippen LogP contribution in [0.2, 0.25) is 5.02 Å². The second-order valence-corrected chi connectivity index (χ2v) is 7.63. The van der Waals surface area contributed by atoms with E-state index in [9.17, 15) is 9.59 Å². The number of hydrogen-bond donors (Lipinski definition) is 1. The van der Waals surface area contributed by atoms with Crippen LogP contribution in [0.4, 0.5) is 0 Å². The van der Waals surface area contributed by atoms with Crippen LogP contribution in [-0.2, 0) is 16.1 Å². The molecule has 0 bridgehead atoms. The van der Waals surface area contributed by atoms with Crippen molar-refractivity contribution in [3.8, 4) is 5.75 Å². The van der Waals surface area contributed by atoms with E-state index in [1.54, 1.807) is 36.1 Å². The third kappa shape index (κ3) is 6.79. The summed E-state index contributed by atoms with van der Waals surface area (Å²) >= 11 is 6.10. The predicted molar refractivity (Wildman–Crippen MR) is 116 cm³/mol. The van der Waals surface area contributed by atoms with Crippen LogP contribution in [0.5, 0.6) is 5.75 Å². The maximum atomic E-state index is 13.0. The first kappa shape index (κ1) is 22.8. The van der Waals surface area contributed by atoms with Gasteiger partial charge in [-0.15, -0.1) is 0 Å². The zero-order chi connectivity index (χ0) is 21.4. The number of nitrogens with zero attached hydrogens (tertiary/aromatic N) is 1. The molecule has 0 aliphatic rings. The van der Waals surface area contributed by atoms with Gasteiger partial charge in [-0.05, 0) is 44.9 Å². The number of hydrogen-bond acceptors (Lipinski definition) is 3. The molecule has 1 N–H and O–H groups in total. The van der Waals surface area contributed by atoms with Crippen LogP contribution < -0.4 is 10.1 Å². The molecule has 0 aromatic heterocycles. The van der Waals surface area contributed by atoms with Gasteiger partial charge in [-0.3, -0.25) is 9.59 Å². The van der Waals surface area contributed by atoms with Gasteiger partial charge in [0.1, 0.15) is 11.8 Å². The predicted octanol–water partition coefficient (Wildman–Crippen LogP) is 4.36. The van der Waals surface area contributed by atoms with Gasteiger partial charge in [0.05, 0.1) is 5.02 Å². The van der Waals surface area contributed by atoms with Gasteiger partial charge in [0, 0.05) is 12.6 Å². The highest BCUT2D eigenvalue weighted by atomic mass is 35.5. The van der Waals surface area contributed by atoms with E-state index in [-0.39, 0.29) is 24.5 Å². The van der Waals surface area contributed by atoms with Crippen molar-refractivity contribution in [2.24, 2.45) is 0 Å². The first-order valence-electron chi connectivity index (χ1n) is 9.84. The summed E-state index contributed by atoms with van der Waals surface area (Å²) in [7, 11) is 0. The summed E-state index contributed by atoms with van der Waals surface area (Å²) in [6.45, 7) is 7.81. The van der Waals surface area contributed by atoms with Crippen LogP contribution in [-0.4, -0.2) is 35.4 Å². The summed E-state index contributed by atoms with van der Waals surface area (Å²) < 4.78 is 5.61. The van der Waals surface area contributed by atoms with Crippen molar-refractivity contribution >= 4 is 23.4 Å². The number of amides is 2. The number of carbonyl (C=O) groups is 2. The van der Waals surface area contributed by atoms with E-state index >= 15 is 0 Å². The van der Waals surface area contributed by atoms with E-state index in [0.717, 1.165) is 17.5 Å². The third-order valence-electron chi connectivity index (χ3n) is 4.83. The highest BCUT2D eigenvalue weighted by molar-refractivity contribution is 6.32. The fourth-order valence-electron chi connectivity index (χ4n) is 2.72. The molecule has 0 saturated carbocycles. The van der Waals surface area contributed by atoms with E-state index < -0.39 is 6.04 Å². The molecule has 29 heavy (non-hydrogen) atoms. The zero-order valence-corrected chi connectivity index (χ0v) is 18.2. The largest absolute Gasteiger partial charge is 0.482 e. The lowest BCUT2D eigenvalue weighted by Gasteiger charge is -2.29. The molecular weight excluding hydrogens is 388 g/mol. The molecular formula is C23H29ClN2O3. The molecule has 5 nitrogen and oxygen atoms in total. The monoisotopic (exact) mass is 416 g/mol. The Morgan fingerprint density at radius 2 is 1.76 bits per heavy atom. The molecule has 0 fully saturated rings. The Hall–Kier alpha value is -2.53. The van der Waals surface area contributed by atoms with Crippen molar-refractivity contribution in [3.63, 3.8) is 0 Å². The molecule has 0 radical (unpaired) electrons. The highest BCUT2D eigenvalue weighted by Gasteiger charge is 2.27. The average molecular weight is 417 g/mol. The van der Waals surface area contributed by atoms with Crippen LogP contribution in [0.3, 0.4) is 0 Å². The molecule has 2 rings (SSSR count). The van der Waals surface area contributed by atoms with Crippen molar-refractivity contribution in [2.45, 2.75) is 52.7 Å². The Bertz CT molecular complexity index is 823. The van der Waals surface area contributed by atoms with Crippen LogP contribution in [0.25, 0.3) is 0 Å². The van der Waals surface area contributed by atoms with Gasteiger partial charge in [0.25, 0.3) is 5.91 Å². The van der Waals surface area contributed by atoms with E-state index in [0.29, 0.717) is 17.3 Å². The van der Waals surface area contributed by atoms with Gasteiger partial charge >= 0.3 is 0 Å². The van der Waals surface area contributed by atoms with Crippen molar-refractivity contribution in [1.82, 2.24) is 10.2 Å². The lowest BCUT2D eigenvalue weighted by Crippen LogP contribution is -2.50. The molecule has 0 spiro atoms. The summed E-state index contributed by atoms with van der Waals surface area (Å²) in [6, 6.07) is 14.3. The Labute approximate surface area is 178 Å². The standard InChI is InChI=1S/C23H29ClN2O3/c1-5-17(3)25-23(28)18(4)26(14-19-12-10-16(2)11-13-19)22(27)15-29-21-9-7-6-8-20(21)24/h6-13,17-18H,5,14-15H2,1-4H3,(H,25,28)/t17-,18-/m1/s1. The number of nitrogens with one attached hydrogen (secondary N) is 1. The Morgan fingerprint density at radius 3 is 2.38 bits per heavy atom. The molecule has 0 saturated heterocycles. The maximum absolute atomic E-state index is 13.0. The van der Waals surface area contributed by atoms with E-state index in [1.807, 2.05) is 45.0 Å². The topological polar surface area (TPSA) is 58.6 Å². The van der Waals surface area contributed by atoms with E-state index in [4.69, 9.17) is 16.3 Å². The summed E-state index contributed by atoms with van der Waals surface area (Å²) in [5.41, 5.74) is 2.08. The molecule has 0 aliphatic heterocycles. The number of aryl methyl sites for hydroxylation is 1. The molecule has 2 aromatic carbocycles. The molecule has 2 aromatic rings. The summed E-state index contributed by atoms with van der Waals surface area (Å²) in [4.78, 5) is 27.2. The van der Waals surface area contributed by atoms with Gasteiger partial charge in [-0.25, -0.2) is 0 Å². The van der Waals surface area contributed by atoms with Crippen LogP contribution >= 0.6 is 11.6 Å². The first-order chi connectivity index (χ1) is 13.8. The minimum atomic E-state index is -0.632. The zero-order valence-electron chi connectivity index (χ0n) is 17.4. The van der Waals surface area contributed by atoms with Crippen LogP contribution in [0.1, 0.15) is 38.3 Å². The normalized spacial score (nSPS) is 12.7. The third-order valence-corrected chi connectivity index (χ3v) is 5.14. The molecule has 2 amide bonds. The second-order valence-electron chi connectivity index (χ2n) is 7.22. The second kappa shape index (κ2) is 10.9. The van der Waals surface area contributed by atoms with Gasteiger partial charge in [-0.1, -0.05) is 60.5 Å². The summed E-state index contributed by atoms with van der Waals surface area (Å²) in [5, 5.41) is 3.39. The van der Waals surface area contributed by atoms with Gasteiger partial charge in [0.15, 0.2) is 6.61 Å². The maximum Gasteiger partial charge on any atom is 0.261 e. The van der Waals surface area contributed by atoms with Crippen molar-refractivity contribution in [2.75, 3.05) is 6.61 Å². The quantitative estimate of drug-likeness (QED) is 0.660. The van der Waals surface area contributed by atoms with Gasteiger partial charge in [0.2, 0.25) is 5.91 Å². The van der Waals surface area contributed by atoms with E-state index in [1.165, 1.54) is 0 Å². The average Bonchev–Trinajstić information content (AvgIpc) is 2.71. The van der Waals surface area contributed by atoms with Crippen LogP contribution in [0.15, 0.2) is 48.5 Å². The number of carbonyl (C=O) groups excluding carboxylic acids is 2. The van der Waals surface area contributed by atoms with Crippen molar-refractivity contribution in [1.29, 1.82) is 0 Å². The summed E-state index contributed by atoms with van der Waals surface area (Å²) in [6.07, 6.45) is 0.819. The number of halogens is 1. The molecule has 156 valence electrons. The first-order valence-corrected chi connectivity index (χ1v) is 10.2. The number of rotatable bonds is 9. The van der Waals surface area contributed by atoms with Crippen molar-refractivity contribution < 1.29 is 14.3 Å². The van der Waals surface area contributed by atoms with E-state index in [2.05, 4.69) is 5.32 Å². The Morgan fingerprint density at radius 1 is 1.10 bits per heavy atom. The number of para-hydroxylation sites is 1. The van der Waals surface area contributed by atoms with Crippen LogP contribution in [0, 0.1) is 6.92 Å². The minimum Gasteiger partial charge on any atom is -0.482 e. The molecule has 0 unspecified atom stereocenters. The Balaban J connectivity index is 2.15. The molecule has 0 heterocycles. The smallest absolute Gasteiger partial charge is 0.261 e. The SMILES string of the molecule is CC[C@@H](C)NC(=O)[C@@H](C)N(Cc1ccc(C)cc1)C(=O)COc1ccccc1Cl. The highest BCUT2D eigenvalue weighted by Crippen LogP contribution is 2.23. The van der Waals surface area contributed by atoms with Crippen molar-refractivity contribution in [3.05, 3.63) is 64.7 Å². The Kier molecular flexibility index (Phi) is 8.52. The molecule has 6 heteroatoms. The number of benzene rings is 2. The molecule has 2 atom stereocenters. The lowest BCUT2D eigenvalue weighted by molar-refractivity contribution is -0.142. The fraction of sp³-hybridized carbons (Fsp3) is 0.391. The lowest BCUT2D eigenvalue weighted by atomic mass is 10.1. The van der Waals surface area contributed by atoms with Gasteiger partial charge < -0.3 is 15.0 Å². The minimum absolute atomic E-state index is 0.0423. The molecule has 0 aliphatic carbocycles.